The average Bonchev–Trinajstić information content (AvgIpc) is 2.35. The molecule has 0 aliphatic heterocycles. The van der Waals surface area contributed by atoms with E-state index in [0.717, 1.165) is 18.4 Å². The Balaban J connectivity index is 2.85. The van der Waals surface area contributed by atoms with Crippen LogP contribution >= 0.6 is 0 Å². The minimum Gasteiger partial charge on any atom is -0.481 e. The smallest absolute Gasteiger partial charge is 0.217 e. The van der Waals surface area contributed by atoms with Crippen molar-refractivity contribution in [3.8, 4) is 5.88 Å². The first-order valence-electron chi connectivity index (χ1n) is 5.67. The van der Waals surface area contributed by atoms with Crippen LogP contribution in [0.1, 0.15) is 38.3 Å². The molecule has 3 N–H and O–H groups in total. The summed E-state index contributed by atoms with van der Waals surface area (Å²) in [5.41, 5.74) is 3.86. The highest BCUT2D eigenvalue weighted by Crippen LogP contribution is 2.27. The van der Waals surface area contributed by atoms with Crippen molar-refractivity contribution in [1.82, 2.24) is 10.4 Å². The van der Waals surface area contributed by atoms with Gasteiger partial charge in [0.2, 0.25) is 5.88 Å². The van der Waals surface area contributed by atoms with Crippen molar-refractivity contribution in [1.29, 1.82) is 0 Å². The van der Waals surface area contributed by atoms with Gasteiger partial charge < -0.3 is 4.74 Å². The van der Waals surface area contributed by atoms with E-state index >= 15 is 0 Å². The minimum atomic E-state index is 0.0959. The molecule has 4 nitrogen and oxygen atoms in total. The van der Waals surface area contributed by atoms with E-state index in [1.165, 1.54) is 0 Å². The molecule has 1 aromatic rings. The van der Waals surface area contributed by atoms with Crippen molar-refractivity contribution >= 4 is 0 Å². The van der Waals surface area contributed by atoms with E-state index in [4.69, 9.17) is 10.6 Å². The number of hydrogen-bond donors (Lipinski definition) is 2. The van der Waals surface area contributed by atoms with Gasteiger partial charge in [0.15, 0.2) is 0 Å². The molecule has 0 fully saturated rings. The molecule has 2 atom stereocenters. The van der Waals surface area contributed by atoms with Gasteiger partial charge in [-0.25, -0.2) is 4.98 Å². The topological polar surface area (TPSA) is 60.2 Å². The maximum absolute atomic E-state index is 5.60. The van der Waals surface area contributed by atoms with E-state index in [-0.39, 0.29) is 6.04 Å². The number of nitrogens with zero attached hydrogens (tertiary/aromatic N) is 1. The van der Waals surface area contributed by atoms with E-state index < -0.39 is 0 Å². The normalized spacial score (nSPS) is 14.5. The number of nitrogens with two attached hydrogens (primary N) is 1. The van der Waals surface area contributed by atoms with Crippen LogP contribution in [0.2, 0.25) is 0 Å². The van der Waals surface area contributed by atoms with Crippen molar-refractivity contribution < 1.29 is 4.74 Å². The molecule has 1 heterocycles. The summed E-state index contributed by atoms with van der Waals surface area (Å²) < 4.78 is 5.24. The molecule has 0 aromatic carbocycles. The van der Waals surface area contributed by atoms with Crippen molar-refractivity contribution in [3.63, 3.8) is 0 Å². The number of hydrogen-bond acceptors (Lipinski definition) is 4. The van der Waals surface area contributed by atoms with E-state index in [0.29, 0.717) is 11.8 Å². The molecular formula is C12H21N3O. The molecule has 0 bridgehead atoms. The number of aromatic nitrogens is 1. The molecule has 0 saturated heterocycles. The van der Waals surface area contributed by atoms with Crippen LogP contribution in [0.3, 0.4) is 0 Å². The highest BCUT2D eigenvalue weighted by atomic mass is 16.5. The van der Waals surface area contributed by atoms with Crippen molar-refractivity contribution in [2.24, 2.45) is 11.8 Å². The second kappa shape index (κ2) is 6.45. The first kappa shape index (κ1) is 12.9. The second-order valence-electron chi connectivity index (χ2n) is 4.07. The van der Waals surface area contributed by atoms with Crippen molar-refractivity contribution in [2.75, 3.05) is 7.11 Å². The molecule has 4 heteroatoms. The largest absolute Gasteiger partial charge is 0.481 e. The lowest BCUT2D eigenvalue weighted by Gasteiger charge is -2.21. The van der Waals surface area contributed by atoms with Crippen LogP contribution in [0.4, 0.5) is 0 Å². The predicted octanol–water partition coefficient (Wildman–Crippen LogP) is 2.03. The van der Waals surface area contributed by atoms with Gasteiger partial charge >= 0.3 is 0 Å². The van der Waals surface area contributed by atoms with Crippen LogP contribution in [0.15, 0.2) is 18.3 Å². The van der Waals surface area contributed by atoms with Crippen LogP contribution in [0.5, 0.6) is 5.88 Å². The fourth-order valence-electron chi connectivity index (χ4n) is 1.69. The van der Waals surface area contributed by atoms with Crippen LogP contribution in [-0.2, 0) is 0 Å². The summed E-state index contributed by atoms with van der Waals surface area (Å²) in [5, 5.41) is 0. The Morgan fingerprint density at radius 1 is 1.56 bits per heavy atom. The molecule has 0 saturated carbocycles. The second-order valence-corrected chi connectivity index (χ2v) is 4.07. The Hall–Kier alpha value is -1.13. The molecule has 0 amide bonds. The molecule has 0 radical (unpaired) electrons. The first-order chi connectivity index (χ1) is 7.72. The fraction of sp³-hybridized carbons (Fsp3) is 0.583. The summed E-state index contributed by atoms with van der Waals surface area (Å²) in [6.07, 6.45) is 3.84. The van der Waals surface area contributed by atoms with Gasteiger partial charge in [0, 0.05) is 11.8 Å². The average molecular weight is 223 g/mol. The minimum absolute atomic E-state index is 0.0959. The van der Waals surface area contributed by atoms with Crippen LogP contribution < -0.4 is 16.0 Å². The number of methoxy groups -OCH3 is 1. The molecule has 1 rings (SSSR count). The standard InChI is InChI=1S/C12H21N3O/c1-4-9(2)8-11(15-13)10-6-5-7-14-12(10)16-3/h5-7,9,11,15H,4,8,13H2,1-3H3. The Bertz CT molecular complexity index is 317. The number of ether oxygens (including phenoxy) is 1. The van der Waals surface area contributed by atoms with Crippen LogP contribution in [0, 0.1) is 5.92 Å². The lowest BCUT2D eigenvalue weighted by molar-refractivity contribution is 0.362. The monoisotopic (exact) mass is 223 g/mol. The number of rotatable bonds is 6. The molecular weight excluding hydrogens is 202 g/mol. The predicted molar refractivity (Wildman–Crippen MR) is 64.9 cm³/mol. The first-order valence-corrected chi connectivity index (χ1v) is 5.67. The van der Waals surface area contributed by atoms with Crippen molar-refractivity contribution in [2.45, 2.75) is 32.7 Å². The lowest BCUT2D eigenvalue weighted by atomic mass is 9.95. The Morgan fingerprint density at radius 3 is 2.88 bits per heavy atom. The maximum Gasteiger partial charge on any atom is 0.217 e. The zero-order chi connectivity index (χ0) is 12.0. The highest BCUT2D eigenvalue weighted by molar-refractivity contribution is 5.28. The number of pyridine rings is 1. The third kappa shape index (κ3) is 3.18. The number of nitrogens with one attached hydrogen (secondary N) is 1. The lowest BCUT2D eigenvalue weighted by Crippen LogP contribution is -2.29. The fourth-order valence-corrected chi connectivity index (χ4v) is 1.69. The van der Waals surface area contributed by atoms with Gasteiger partial charge in [-0.1, -0.05) is 26.3 Å². The molecule has 2 unspecified atom stereocenters. The summed E-state index contributed by atoms with van der Waals surface area (Å²) in [4.78, 5) is 4.18. The molecule has 90 valence electrons. The van der Waals surface area contributed by atoms with E-state index in [2.05, 4.69) is 24.3 Å². The third-order valence-corrected chi connectivity index (χ3v) is 2.91. The van der Waals surface area contributed by atoms with Gasteiger partial charge in [-0.15, -0.1) is 0 Å². The van der Waals surface area contributed by atoms with Gasteiger partial charge in [0.1, 0.15) is 0 Å². The molecule has 0 spiro atoms. The summed E-state index contributed by atoms with van der Waals surface area (Å²) in [6.45, 7) is 4.39. The van der Waals surface area contributed by atoms with Crippen LogP contribution in [0.25, 0.3) is 0 Å². The summed E-state index contributed by atoms with van der Waals surface area (Å²) in [7, 11) is 1.63. The van der Waals surface area contributed by atoms with Crippen molar-refractivity contribution in [3.05, 3.63) is 23.9 Å². The molecule has 1 aromatic heterocycles. The summed E-state index contributed by atoms with van der Waals surface area (Å²) in [5.74, 6) is 6.86. The van der Waals surface area contributed by atoms with E-state index in [9.17, 15) is 0 Å². The molecule has 16 heavy (non-hydrogen) atoms. The molecule has 0 aliphatic carbocycles. The maximum atomic E-state index is 5.60. The van der Waals surface area contributed by atoms with Gasteiger partial charge in [-0.3, -0.25) is 11.3 Å². The van der Waals surface area contributed by atoms with Crippen LogP contribution in [-0.4, -0.2) is 12.1 Å². The molecule has 0 aliphatic rings. The zero-order valence-electron chi connectivity index (χ0n) is 10.2. The summed E-state index contributed by atoms with van der Waals surface area (Å²) in [6, 6.07) is 4.00. The Labute approximate surface area is 97.2 Å². The Kier molecular flexibility index (Phi) is 5.22. The summed E-state index contributed by atoms with van der Waals surface area (Å²) >= 11 is 0. The quantitative estimate of drug-likeness (QED) is 0.572. The third-order valence-electron chi connectivity index (χ3n) is 2.91. The SMILES string of the molecule is CCC(C)CC(NN)c1cccnc1OC. The van der Waals surface area contributed by atoms with Gasteiger partial charge in [0.05, 0.1) is 13.2 Å². The highest BCUT2D eigenvalue weighted by Gasteiger charge is 2.17. The number of hydrazine groups is 1. The van der Waals surface area contributed by atoms with Gasteiger partial charge in [0.25, 0.3) is 0 Å². The zero-order valence-corrected chi connectivity index (χ0v) is 10.2. The van der Waals surface area contributed by atoms with E-state index in [1.54, 1.807) is 13.3 Å². The van der Waals surface area contributed by atoms with E-state index in [1.807, 2.05) is 12.1 Å². The Morgan fingerprint density at radius 2 is 2.31 bits per heavy atom. The van der Waals surface area contributed by atoms with Gasteiger partial charge in [-0.2, -0.15) is 0 Å². The van der Waals surface area contributed by atoms with Gasteiger partial charge in [-0.05, 0) is 18.4 Å².